The smallest absolute Gasteiger partial charge is 0.323 e. The first-order valence-electron chi connectivity index (χ1n) is 8.34. The van der Waals surface area contributed by atoms with Gasteiger partial charge in [0.2, 0.25) is 0 Å². The summed E-state index contributed by atoms with van der Waals surface area (Å²) in [5.74, 6) is 0.722. The second-order valence-corrected chi connectivity index (χ2v) is 6.00. The van der Waals surface area contributed by atoms with E-state index in [-0.39, 0.29) is 12.0 Å². The molecule has 1 atom stereocenters. The lowest BCUT2D eigenvalue weighted by atomic mass is 9.94. The Hall–Kier alpha value is -2.33. The molecule has 0 spiro atoms. The average Bonchev–Trinajstić information content (AvgIpc) is 2.64. The van der Waals surface area contributed by atoms with Crippen LogP contribution in [-0.2, 0) is 22.5 Å². The maximum atomic E-state index is 12.1. The average molecular weight is 325 g/mol. The Balaban J connectivity index is 1.59. The van der Waals surface area contributed by atoms with E-state index in [4.69, 9.17) is 9.47 Å². The fourth-order valence-electron chi connectivity index (χ4n) is 3.15. The van der Waals surface area contributed by atoms with Gasteiger partial charge in [-0.3, -0.25) is 9.69 Å². The Labute approximate surface area is 143 Å². The lowest BCUT2D eigenvalue weighted by Gasteiger charge is -2.35. The number of fused-ring (bicyclic) bond motifs is 1. The van der Waals surface area contributed by atoms with Gasteiger partial charge in [-0.1, -0.05) is 42.5 Å². The molecule has 0 fully saturated rings. The molecule has 2 aromatic carbocycles. The van der Waals surface area contributed by atoms with Gasteiger partial charge in [-0.25, -0.2) is 0 Å². The third-order valence-corrected chi connectivity index (χ3v) is 4.42. The molecule has 1 aliphatic rings. The molecule has 4 nitrogen and oxygen atoms in total. The van der Waals surface area contributed by atoms with E-state index in [0.717, 1.165) is 25.3 Å². The number of nitrogens with zero attached hydrogens (tertiary/aromatic N) is 1. The number of hydrogen-bond acceptors (Lipinski definition) is 4. The summed E-state index contributed by atoms with van der Waals surface area (Å²) in [5.41, 5.74) is 2.53. The molecule has 0 saturated carbocycles. The fourth-order valence-corrected chi connectivity index (χ4v) is 3.15. The molecule has 0 aliphatic carbocycles. The number of carbonyl (C=O) groups is 1. The van der Waals surface area contributed by atoms with Gasteiger partial charge in [0.1, 0.15) is 11.8 Å². The van der Waals surface area contributed by atoms with Crippen molar-refractivity contribution >= 4 is 5.97 Å². The number of ether oxygens (including phenoxy) is 2. The molecule has 2 aromatic rings. The second kappa shape index (κ2) is 7.97. The van der Waals surface area contributed by atoms with Crippen LogP contribution >= 0.6 is 0 Å². The number of para-hydroxylation sites is 1. The van der Waals surface area contributed by atoms with Crippen LogP contribution in [0.1, 0.15) is 17.5 Å². The van der Waals surface area contributed by atoms with Crippen LogP contribution in [0, 0.1) is 0 Å². The number of hydrogen-bond donors (Lipinski definition) is 0. The molecular weight excluding hydrogens is 302 g/mol. The van der Waals surface area contributed by atoms with E-state index in [1.54, 1.807) is 0 Å². The van der Waals surface area contributed by atoms with Gasteiger partial charge < -0.3 is 9.47 Å². The third kappa shape index (κ3) is 3.95. The van der Waals surface area contributed by atoms with E-state index in [9.17, 15) is 4.79 Å². The Bertz CT molecular complexity index is 672. The van der Waals surface area contributed by atoms with Crippen molar-refractivity contribution in [3.63, 3.8) is 0 Å². The Kier molecular flexibility index (Phi) is 5.49. The van der Waals surface area contributed by atoms with E-state index in [1.165, 1.54) is 18.2 Å². The van der Waals surface area contributed by atoms with Crippen molar-refractivity contribution in [3.8, 4) is 5.75 Å². The van der Waals surface area contributed by atoms with Gasteiger partial charge >= 0.3 is 5.97 Å². The molecule has 126 valence electrons. The summed E-state index contributed by atoms with van der Waals surface area (Å²) >= 11 is 0. The van der Waals surface area contributed by atoms with Crippen LogP contribution in [0.3, 0.4) is 0 Å². The van der Waals surface area contributed by atoms with Crippen molar-refractivity contribution in [1.82, 2.24) is 4.90 Å². The Morgan fingerprint density at radius 2 is 1.79 bits per heavy atom. The van der Waals surface area contributed by atoms with E-state index in [1.807, 2.05) is 42.5 Å². The van der Waals surface area contributed by atoms with E-state index in [2.05, 4.69) is 17.0 Å². The summed E-state index contributed by atoms with van der Waals surface area (Å²) in [7, 11) is 1.46. The monoisotopic (exact) mass is 325 g/mol. The number of carbonyl (C=O) groups excluding carboxylic acids is 1. The molecule has 4 heteroatoms. The molecule has 3 rings (SSSR count). The predicted octanol–water partition coefficient (Wildman–Crippen LogP) is 3.06. The molecular formula is C20H23NO3. The molecule has 0 amide bonds. The summed E-state index contributed by atoms with van der Waals surface area (Å²) in [6, 6.07) is 17.9. The lowest BCUT2D eigenvalue weighted by Crippen LogP contribution is -2.46. The summed E-state index contributed by atoms with van der Waals surface area (Å²) in [6.45, 7) is 2.22. The molecule has 1 aliphatic heterocycles. The highest BCUT2D eigenvalue weighted by Gasteiger charge is 2.31. The number of methoxy groups -OCH3 is 1. The van der Waals surface area contributed by atoms with Gasteiger partial charge in [0.25, 0.3) is 0 Å². The highest BCUT2D eigenvalue weighted by atomic mass is 16.5. The molecule has 0 N–H and O–H groups in total. The van der Waals surface area contributed by atoms with Gasteiger partial charge in [0.15, 0.2) is 0 Å². The number of benzene rings is 2. The van der Waals surface area contributed by atoms with Crippen LogP contribution in [-0.4, -0.2) is 37.2 Å². The normalized spacial score (nSPS) is 17.1. The minimum Gasteiger partial charge on any atom is -0.494 e. The minimum absolute atomic E-state index is 0.159. The summed E-state index contributed by atoms with van der Waals surface area (Å²) < 4.78 is 10.7. The molecule has 0 saturated heterocycles. The highest BCUT2D eigenvalue weighted by molar-refractivity contribution is 5.76. The summed E-state index contributed by atoms with van der Waals surface area (Å²) in [4.78, 5) is 14.3. The topological polar surface area (TPSA) is 38.8 Å². The van der Waals surface area contributed by atoms with Gasteiger partial charge in [-0.15, -0.1) is 0 Å². The van der Waals surface area contributed by atoms with Crippen molar-refractivity contribution in [3.05, 3.63) is 65.7 Å². The van der Waals surface area contributed by atoms with Crippen LogP contribution in [0.25, 0.3) is 0 Å². The zero-order chi connectivity index (χ0) is 16.8. The van der Waals surface area contributed by atoms with Crippen LogP contribution in [0.5, 0.6) is 5.75 Å². The number of rotatable bonds is 6. The van der Waals surface area contributed by atoms with E-state index in [0.29, 0.717) is 13.0 Å². The zero-order valence-electron chi connectivity index (χ0n) is 14.0. The van der Waals surface area contributed by atoms with Crippen molar-refractivity contribution in [1.29, 1.82) is 0 Å². The maximum Gasteiger partial charge on any atom is 0.323 e. The Morgan fingerprint density at radius 1 is 1.08 bits per heavy atom. The first kappa shape index (κ1) is 16.5. The highest BCUT2D eigenvalue weighted by Crippen LogP contribution is 2.24. The van der Waals surface area contributed by atoms with Crippen molar-refractivity contribution in [2.75, 3.05) is 20.3 Å². The quantitative estimate of drug-likeness (QED) is 0.604. The van der Waals surface area contributed by atoms with Crippen molar-refractivity contribution < 1.29 is 14.3 Å². The van der Waals surface area contributed by atoms with Crippen LogP contribution in [0.2, 0.25) is 0 Å². The molecule has 24 heavy (non-hydrogen) atoms. The molecule has 0 bridgehead atoms. The summed E-state index contributed by atoms with van der Waals surface area (Å²) in [5, 5.41) is 0. The van der Waals surface area contributed by atoms with Crippen molar-refractivity contribution in [2.24, 2.45) is 0 Å². The molecule has 0 aromatic heterocycles. The van der Waals surface area contributed by atoms with Gasteiger partial charge in [0, 0.05) is 13.1 Å². The standard InChI is InChI=1S/C20H23NO3/c1-23-20(22)19-14-16-8-5-6-9-17(16)15-21(19)12-7-13-24-18-10-3-2-4-11-18/h2-6,8-11,19H,7,12-15H2,1H3. The van der Waals surface area contributed by atoms with Crippen LogP contribution in [0.4, 0.5) is 0 Å². The largest absolute Gasteiger partial charge is 0.494 e. The lowest BCUT2D eigenvalue weighted by molar-refractivity contribution is -0.147. The fraction of sp³-hybridized carbons (Fsp3) is 0.350. The minimum atomic E-state index is -0.207. The van der Waals surface area contributed by atoms with Gasteiger partial charge in [0.05, 0.1) is 13.7 Å². The summed E-state index contributed by atoms with van der Waals surface area (Å²) in [6.07, 6.45) is 1.58. The van der Waals surface area contributed by atoms with Crippen LogP contribution in [0.15, 0.2) is 54.6 Å². The molecule has 1 unspecified atom stereocenters. The van der Waals surface area contributed by atoms with Crippen LogP contribution < -0.4 is 4.74 Å². The maximum absolute atomic E-state index is 12.1. The zero-order valence-corrected chi connectivity index (χ0v) is 14.0. The first-order chi connectivity index (χ1) is 11.8. The van der Waals surface area contributed by atoms with Gasteiger partial charge in [-0.2, -0.15) is 0 Å². The predicted molar refractivity (Wildman–Crippen MR) is 92.9 cm³/mol. The van der Waals surface area contributed by atoms with E-state index >= 15 is 0 Å². The SMILES string of the molecule is COC(=O)C1Cc2ccccc2CN1CCCOc1ccccc1. The molecule has 0 radical (unpaired) electrons. The van der Waals surface area contributed by atoms with Gasteiger partial charge in [-0.05, 0) is 36.1 Å². The molecule has 1 heterocycles. The third-order valence-electron chi connectivity index (χ3n) is 4.42. The second-order valence-electron chi connectivity index (χ2n) is 6.00. The Morgan fingerprint density at radius 3 is 2.54 bits per heavy atom. The van der Waals surface area contributed by atoms with Crippen molar-refractivity contribution in [2.45, 2.75) is 25.4 Å². The van der Waals surface area contributed by atoms with E-state index < -0.39 is 0 Å². The first-order valence-corrected chi connectivity index (χ1v) is 8.34. The number of esters is 1.